The van der Waals surface area contributed by atoms with Crippen molar-refractivity contribution < 1.29 is 5.11 Å². The Kier molecular flexibility index (Phi) is 5.79. The van der Waals surface area contributed by atoms with Gasteiger partial charge in [-0.15, -0.1) is 0 Å². The molecule has 0 radical (unpaired) electrons. The maximum absolute atomic E-state index is 9.57. The normalized spacial score (nSPS) is 12.8. The van der Waals surface area contributed by atoms with Crippen molar-refractivity contribution in [3.63, 3.8) is 0 Å². The number of phenols is 1. The van der Waals surface area contributed by atoms with Gasteiger partial charge in [-0.1, -0.05) is 20.3 Å². The predicted octanol–water partition coefficient (Wildman–Crippen LogP) is 4.05. The van der Waals surface area contributed by atoms with Crippen molar-refractivity contribution in [3.05, 3.63) is 26.6 Å². The fourth-order valence-corrected chi connectivity index (χ4v) is 2.61. The van der Waals surface area contributed by atoms with E-state index in [1.165, 1.54) is 6.42 Å². The summed E-state index contributed by atoms with van der Waals surface area (Å²) in [5.41, 5.74) is 1.15. The third-order valence-electron chi connectivity index (χ3n) is 2.60. The monoisotopic (exact) mass is 349 g/mol. The van der Waals surface area contributed by atoms with Crippen molar-refractivity contribution in [1.82, 2.24) is 5.32 Å². The van der Waals surface area contributed by atoms with Crippen LogP contribution in [-0.4, -0.2) is 11.7 Å². The molecule has 0 aliphatic rings. The molecule has 0 aliphatic heterocycles. The molecular weight excluding hydrogens is 334 g/mol. The SMILES string of the molecule is CCC(C)CNCc1cc(Br)c(O)c(Br)c1. The highest BCUT2D eigenvalue weighted by molar-refractivity contribution is 9.11. The molecule has 0 amide bonds. The van der Waals surface area contributed by atoms with Crippen molar-refractivity contribution in [2.24, 2.45) is 5.92 Å². The molecule has 0 spiro atoms. The van der Waals surface area contributed by atoms with E-state index < -0.39 is 0 Å². The maximum Gasteiger partial charge on any atom is 0.143 e. The molecule has 0 saturated heterocycles. The lowest BCUT2D eigenvalue weighted by molar-refractivity contribution is 0.467. The van der Waals surface area contributed by atoms with Crippen LogP contribution in [0, 0.1) is 5.92 Å². The van der Waals surface area contributed by atoms with E-state index in [0.717, 1.165) is 27.6 Å². The minimum Gasteiger partial charge on any atom is -0.506 e. The minimum absolute atomic E-state index is 0.255. The second-order valence-corrected chi connectivity index (χ2v) is 5.76. The molecule has 1 rings (SSSR count). The van der Waals surface area contributed by atoms with Gasteiger partial charge < -0.3 is 10.4 Å². The Hall–Kier alpha value is -0.0600. The van der Waals surface area contributed by atoms with E-state index >= 15 is 0 Å². The van der Waals surface area contributed by atoms with Crippen LogP contribution in [0.4, 0.5) is 0 Å². The Morgan fingerprint density at radius 1 is 1.31 bits per heavy atom. The molecule has 1 unspecified atom stereocenters. The number of benzene rings is 1. The molecule has 0 aliphatic carbocycles. The summed E-state index contributed by atoms with van der Waals surface area (Å²) in [6.45, 7) is 6.27. The summed E-state index contributed by atoms with van der Waals surface area (Å²) in [6.07, 6.45) is 1.19. The number of halogens is 2. The zero-order valence-electron chi connectivity index (χ0n) is 9.56. The molecule has 16 heavy (non-hydrogen) atoms. The summed E-state index contributed by atoms with van der Waals surface area (Å²) in [6, 6.07) is 3.87. The Bertz CT molecular complexity index is 332. The van der Waals surface area contributed by atoms with E-state index in [1.807, 2.05) is 12.1 Å². The van der Waals surface area contributed by atoms with Gasteiger partial charge in [-0.25, -0.2) is 0 Å². The van der Waals surface area contributed by atoms with Crippen molar-refractivity contribution in [3.8, 4) is 5.75 Å². The minimum atomic E-state index is 0.255. The summed E-state index contributed by atoms with van der Waals surface area (Å²) < 4.78 is 1.45. The third kappa shape index (κ3) is 4.07. The van der Waals surface area contributed by atoms with Gasteiger partial charge in [-0.2, -0.15) is 0 Å². The van der Waals surface area contributed by atoms with Crippen molar-refractivity contribution in [2.45, 2.75) is 26.8 Å². The van der Waals surface area contributed by atoms with Crippen LogP contribution < -0.4 is 5.32 Å². The second-order valence-electron chi connectivity index (χ2n) is 4.05. The highest BCUT2D eigenvalue weighted by Crippen LogP contribution is 2.33. The van der Waals surface area contributed by atoms with E-state index in [1.54, 1.807) is 0 Å². The number of phenolic OH excluding ortho intramolecular Hbond substituents is 1. The number of nitrogens with one attached hydrogen (secondary N) is 1. The lowest BCUT2D eigenvalue weighted by Gasteiger charge is -2.11. The number of rotatable bonds is 5. The standard InChI is InChI=1S/C12H17Br2NO/c1-3-8(2)6-15-7-9-4-10(13)12(16)11(14)5-9/h4-5,8,15-16H,3,6-7H2,1-2H3. The van der Waals surface area contributed by atoms with Crippen LogP contribution in [0.15, 0.2) is 21.1 Å². The molecule has 4 heteroatoms. The zero-order valence-corrected chi connectivity index (χ0v) is 12.7. The highest BCUT2D eigenvalue weighted by Gasteiger charge is 2.06. The summed E-state index contributed by atoms with van der Waals surface area (Å²) in [5.74, 6) is 0.953. The van der Waals surface area contributed by atoms with E-state index in [4.69, 9.17) is 0 Å². The second kappa shape index (κ2) is 6.62. The van der Waals surface area contributed by atoms with E-state index in [-0.39, 0.29) is 5.75 Å². The molecule has 90 valence electrons. The first-order chi connectivity index (χ1) is 7.54. The summed E-state index contributed by atoms with van der Waals surface area (Å²) in [4.78, 5) is 0. The maximum atomic E-state index is 9.57. The van der Waals surface area contributed by atoms with Gasteiger partial charge in [-0.05, 0) is 62.0 Å². The quantitative estimate of drug-likeness (QED) is 0.839. The van der Waals surface area contributed by atoms with Crippen LogP contribution >= 0.6 is 31.9 Å². The van der Waals surface area contributed by atoms with Crippen molar-refractivity contribution >= 4 is 31.9 Å². The summed E-state index contributed by atoms with van der Waals surface area (Å²) >= 11 is 6.65. The van der Waals surface area contributed by atoms with Gasteiger partial charge in [0.05, 0.1) is 8.95 Å². The van der Waals surface area contributed by atoms with Gasteiger partial charge in [0.15, 0.2) is 0 Å². The van der Waals surface area contributed by atoms with Gasteiger partial charge in [0, 0.05) is 6.54 Å². The van der Waals surface area contributed by atoms with E-state index in [9.17, 15) is 5.11 Å². The topological polar surface area (TPSA) is 32.3 Å². The lowest BCUT2D eigenvalue weighted by Crippen LogP contribution is -2.20. The molecule has 1 aromatic rings. The molecule has 1 aromatic carbocycles. The Balaban J connectivity index is 2.55. The first-order valence-corrected chi connectivity index (χ1v) is 7.00. The summed E-state index contributed by atoms with van der Waals surface area (Å²) in [7, 11) is 0. The molecule has 0 bridgehead atoms. The fourth-order valence-electron chi connectivity index (χ4n) is 1.33. The van der Waals surface area contributed by atoms with Crippen molar-refractivity contribution in [2.75, 3.05) is 6.54 Å². The first-order valence-electron chi connectivity index (χ1n) is 5.42. The van der Waals surface area contributed by atoms with Crippen LogP contribution in [0.25, 0.3) is 0 Å². The number of hydrogen-bond donors (Lipinski definition) is 2. The summed E-state index contributed by atoms with van der Waals surface area (Å²) in [5, 5.41) is 13.0. The molecule has 0 aromatic heterocycles. The average Bonchev–Trinajstić information content (AvgIpc) is 2.25. The Morgan fingerprint density at radius 2 is 1.88 bits per heavy atom. The molecule has 0 fully saturated rings. The van der Waals surface area contributed by atoms with E-state index in [0.29, 0.717) is 5.92 Å². The zero-order chi connectivity index (χ0) is 12.1. The van der Waals surface area contributed by atoms with Crippen LogP contribution in [-0.2, 0) is 6.54 Å². The van der Waals surface area contributed by atoms with Gasteiger partial charge in [0.25, 0.3) is 0 Å². The molecule has 2 N–H and O–H groups in total. The third-order valence-corrected chi connectivity index (χ3v) is 3.80. The molecule has 0 heterocycles. The largest absolute Gasteiger partial charge is 0.506 e. The predicted molar refractivity (Wildman–Crippen MR) is 74.7 cm³/mol. The number of aromatic hydroxyl groups is 1. The van der Waals surface area contributed by atoms with Crippen LogP contribution in [0.5, 0.6) is 5.75 Å². The average molecular weight is 351 g/mol. The van der Waals surface area contributed by atoms with Gasteiger partial charge in [0.2, 0.25) is 0 Å². The highest BCUT2D eigenvalue weighted by atomic mass is 79.9. The fraction of sp³-hybridized carbons (Fsp3) is 0.500. The molecule has 1 atom stereocenters. The Morgan fingerprint density at radius 3 is 2.38 bits per heavy atom. The first kappa shape index (κ1) is 14.0. The molecule has 0 saturated carbocycles. The van der Waals surface area contributed by atoms with Crippen LogP contribution in [0.2, 0.25) is 0 Å². The van der Waals surface area contributed by atoms with Gasteiger partial charge in [-0.3, -0.25) is 0 Å². The smallest absolute Gasteiger partial charge is 0.143 e. The van der Waals surface area contributed by atoms with Gasteiger partial charge in [0.1, 0.15) is 5.75 Å². The molecule has 2 nitrogen and oxygen atoms in total. The Labute approximate surface area is 114 Å². The van der Waals surface area contributed by atoms with Gasteiger partial charge >= 0.3 is 0 Å². The van der Waals surface area contributed by atoms with Crippen molar-refractivity contribution in [1.29, 1.82) is 0 Å². The number of hydrogen-bond acceptors (Lipinski definition) is 2. The van der Waals surface area contributed by atoms with E-state index in [2.05, 4.69) is 51.0 Å². The van der Waals surface area contributed by atoms with Crippen LogP contribution in [0.1, 0.15) is 25.8 Å². The van der Waals surface area contributed by atoms with Crippen LogP contribution in [0.3, 0.4) is 0 Å². The lowest BCUT2D eigenvalue weighted by atomic mass is 10.1. The molecular formula is C12H17Br2NO.